The number of carbonyl (C=O) groups excluding carboxylic acids is 1. The van der Waals surface area contributed by atoms with Gasteiger partial charge in [-0.2, -0.15) is 5.26 Å². The van der Waals surface area contributed by atoms with Crippen LogP contribution in [0.15, 0.2) is 12.1 Å². The van der Waals surface area contributed by atoms with Crippen LogP contribution >= 0.6 is 11.6 Å². The van der Waals surface area contributed by atoms with Crippen LogP contribution in [0.4, 0.5) is 0 Å². The molecule has 0 unspecified atom stereocenters. The molecule has 0 N–H and O–H groups in total. The second kappa shape index (κ2) is 5.69. The quantitative estimate of drug-likeness (QED) is 0.621. The summed E-state index contributed by atoms with van der Waals surface area (Å²) in [5.41, 5.74) is -0.378. The van der Waals surface area contributed by atoms with E-state index >= 15 is 0 Å². The fourth-order valence-electron chi connectivity index (χ4n) is 1.10. The molecule has 0 aliphatic rings. The summed E-state index contributed by atoms with van der Waals surface area (Å²) in [7, 11) is 0. The Kier molecular flexibility index (Phi) is 4.51. The van der Waals surface area contributed by atoms with E-state index in [1.165, 1.54) is 12.1 Å². The smallest absolute Gasteiger partial charge is 0.344 e. The summed E-state index contributed by atoms with van der Waals surface area (Å²) < 4.78 is 10.2. The molecule has 0 aliphatic heterocycles. The molecule has 0 aromatic carbocycles. The van der Waals surface area contributed by atoms with Crippen LogP contribution in [0.3, 0.4) is 0 Å². The second-order valence-corrected chi connectivity index (χ2v) is 4.83. The maximum atomic E-state index is 11.4. The van der Waals surface area contributed by atoms with E-state index in [2.05, 4.69) is 4.98 Å². The standard InChI is InChI=1S/C12H13ClN2O3/c1-12(2,3)18-10(16)7-17-9-5-4-8(6-14)15-11(9)13/h4-5H,7H2,1-3H3. The van der Waals surface area contributed by atoms with Crippen LogP contribution in [-0.2, 0) is 9.53 Å². The van der Waals surface area contributed by atoms with Gasteiger partial charge in [-0.3, -0.25) is 0 Å². The Balaban J connectivity index is 2.59. The molecule has 5 nitrogen and oxygen atoms in total. The van der Waals surface area contributed by atoms with Crippen LogP contribution < -0.4 is 4.74 Å². The number of hydrogen-bond donors (Lipinski definition) is 0. The zero-order valence-electron chi connectivity index (χ0n) is 10.4. The third-order valence-corrected chi connectivity index (χ3v) is 1.97. The number of hydrogen-bond acceptors (Lipinski definition) is 5. The largest absolute Gasteiger partial charge is 0.479 e. The van der Waals surface area contributed by atoms with Crippen molar-refractivity contribution in [2.24, 2.45) is 0 Å². The van der Waals surface area contributed by atoms with Crippen LogP contribution in [-0.4, -0.2) is 23.2 Å². The minimum absolute atomic E-state index is 0.0395. The number of esters is 1. The monoisotopic (exact) mass is 268 g/mol. The van der Waals surface area contributed by atoms with E-state index < -0.39 is 11.6 Å². The van der Waals surface area contributed by atoms with Crippen molar-refractivity contribution >= 4 is 17.6 Å². The second-order valence-electron chi connectivity index (χ2n) is 4.47. The molecular weight excluding hydrogens is 256 g/mol. The zero-order chi connectivity index (χ0) is 13.8. The zero-order valence-corrected chi connectivity index (χ0v) is 11.1. The van der Waals surface area contributed by atoms with Gasteiger partial charge in [0.15, 0.2) is 17.5 Å². The molecule has 0 spiro atoms. The van der Waals surface area contributed by atoms with E-state index in [0.29, 0.717) is 0 Å². The van der Waals surface area contributed by atoms with Gasteiger partial charge in [-0.25, -0.2) is 9.78 Å². The molecule has 1 aromatic heterocycles. The van der Waals surface area contributed by atoms with Crippen molar-refractivity contribution in [3.8, 4) is 11.8 Å². The highest BCUT2D eigenvalue weighted by molar-refractivity contribution is 6.30. The lowest BCUT2D eigenvalue weighted by molar-refractivity contribution is -0.157. The molecule has 0 saturated heterocycles. The van der Waals surface area contributed by atoms with Gasteiger partial charge in [0.05, 0.1) is 0 Å². The summed E-state index contributed by atoms with van der Waals surface area (Å²) in [5, 5.41) is 8.65. The fourth-order valence-corrected chi connectivity index (χ4v) is 1.31. The first-order valence-corrected chi connectivity index (χ1v) is 5.61. The fraction of sp³-hybridized carbons (Fsp3) is 0.417. The highest BCUT2D eigenvalue weighted by atomic mass is 35.5. The molecule has 96 valence electrons. The van der Waals surface area contributed by atoms with Crippen molar-refractivity contribution < 1.29 is 14.3 Å². The number of ether oxygens (including phenoxy) is 2. The van der Waals surface area contributed by atoms with E-state index in [9.17, 15) is 4.79 Å². The highest BCUT2D eigenvalue weighted by Gasteiger charge is 2.17. The van der Waals surface area contributed by atoms with Gasteiger partial charge < -0.3 is 9.47 Å². The lowest BCUT2D eigenvalue weighted by Crippen LogP contribution is -2.27. The molecule has 18 heavy (non-hydrogen) atoms. The minimum atomic E-state index is -0.562. The molecule has 1 aromatic rings. The van der Waals surface area contributed by atoms with Gasteiger partial charge in [-0.15, -0.1) is 0 Å². The Morgan fingerprint density at radius 1 is 1.50 bits per heavy atom. The van der Waals surface area contributed by atoms with Gasteiger partial charge in [0.2, 0.25) is 0 Å². The van der Waals surface area contributed by atoms with E-state index in [4.69, 9.17) is 26.3 Å². The predicted molar refractivity (Wildman–Crippen MR) is 65.3 cm³/mol. The maximum absolute atomic E-state index is 11.4. The Morgan fingerprint density at radius 2 is 2.17 bits per heavy atom. The van der Waals surface area contributed by atoms with Crippen molar-refractivity contribution in [2.75, 3.05) is 6.61 Å². The number of carbonyl (C=O) groups is 1. The number of rotatable bonds is 3. The van der Waals surface area contributed by atoms with Crippen molar-refractivity contribution in [2.45, 2.75) is 26.4 Å². The molecule has 1 rings (SSSR count). The molecule has 0 bridgehead atoms. The Labute approximate surface area is 110 Å². The normalized spacial score (nSPS) is 10.6. The van der Waals surface area contributed by atoms with Crippen molar-refractivity contribution in [3.05, 3.63) is 23.0 Å². The Morgan fingerprint density at radius 3 is 2.67 bits per heavy atom. The Bertz CT molecular complexity index is 489. The van der Waals surface area contributed by atoms with Gasteiger partial charge in [-0.05, 0) is 32.9 Å². The molecule has 0 atom stereocenters. The molecule has 6 heteroatoms. The summed E-state index contributed by atoms with van der Waals surface area (Å²) in [6.45, 7) is 5.04. The van der Waals surface area contributed by atoms with Crippen LogP contribution in [0.5, 0.6) is 5.75 Å². The van der Waals surface area contributed by atoms with E-state index in [1.807, 2.05) is 6.07 Å². The molecule has 1 heterocycles. The third kappa shape index (κ3) is 4.60. The van der Waals surface area contributed by atoms with Gasteiger partial charge >= 0.3 is 5.97 Å². The van der Waals surface area contributed by atoms with Gasteiger partial charge in [-0.1, -0.05) is 11.6 Å². The first-order chi connectivity index (χ1) is 8.31. The summed E-state index contributed by atoms with van der Waals surface area (Å²) in [6.07, 6.45) is 0. The number of nitrogens with zero attached hydrogens (tertiary/aromatic N) is 2. The number of halogens is 1. The highest BCUT2D eigenvalue weighted by Crippen LogP contribution is 2.22. The van der Waals surface area contributed by atoms with Gasteiger partial charge in [0, 0.05) is 0 Å². The van der Waals surface area contributed by atoms with Crippen molar-refractivity contribution in [3.63, 3.8) is 0 Å². The van der Waals surface area contributed by atoms with Crippen molar-refractivity contribution in [1.29, 1.82) is 5.26 Å². The van der Waals surface area contributed by atoms with Crippen LogP contribution in [0.2, 0.25) is 5.15 Å². The molecule has 0 radical (unpaired) electrons. The molecule has 0 aliphatic carbocycles. The first-order valence-electron chi connectivity index (χ1n) is 5.23. The maximum Gasteiger partial charge on any atom is 0.344 e. The van der Waals surface area contributed by atoms with Gasteiger partial charge in [0.1, 0.15) is 17.4 Å². The number of aromatic nitrogens is 1. The predicted octanol–water partition coefficient (Wildman–Crippen LogP) is 2.33. The summed E-state index contributed by atoms with van der Waals surface area (Å²) in [5.74, 6) is -0.260. The summed E-state index contributed by atoms with van der Waals surface area (Å²) in [6, 6.07) is 4.79. The molecule has 0 amide bonds. The molecule has 0 fully saturated rings. The topological polar surface area (TPSA) is 72.2 Å². The number of nitriles is 1. The van der Waals surface area contributed by atoms with Crippen LogP contribution in [0.25, 0.3) is 0 Å². The lowest BCUT2D eigenvalue weighted by atomic mass is 10.2. The minimum Gasteiger partial charge on any atom is -0.479 e. The van der Waals surface area contributed by atoms with E-state index in [0.717, 1.165) is 0 Å². The summed E-state index contributed by atoms with van der Waals surface area (Å²) in [4.78, 5) is 15.2. The average Bonchev–Trinajstić information content (AvgIpc) is 2.25. The lowest BCUT2D eigenvalue weighted by Gasteiger charge is -2.19. The average molecular weight is 269 g/mol. The summed E-state index contributed by atoms with van der Waals surface area (Å²) >= 11 is 5.79. The Hall–Kier alpha value is -1.80. The van der Waals surface area contributed by atoms with Crippen LogP contribution in [0.1, 0.15) is 26.5 Å². The SMILES string of the molecule is CC(C)(C)OC(=O)COc1ccc(C#N)nc1Cl. The van der Waals surface area contributed by atoms with E-state index in [-0.39, 0.29) is 23.2 Å². The molecular formula is C12H13ClN2O3. The van der Waals surface area contributed by atoms with Crippen LogP contribution in [0, 0.1) is 11.3 Å². The van der Waals surface area contributed by atoms with Gasteiger partial charge in [0.25, 0.3) is 0 Å². The van der Waals surface area contributed by atoms with Crippen molar-refractivity contribution in [1.82, 2.24) is 4.98 Å². The molecule has 0 saturated carbocycles. The first kappa shape index (κ1) is 14.3. The third-order valence-electron chi connectivity index (χ3n) is 1.69. The van der Waals surface area contributed by atoms with E-state index in [1.54, 1.807) is 20.8 Å². The number of pyridine rings is 1.